The Balaban J connectivity index is 1.14. The van der Waals surface area contributed by atoms with Gasteiger partial charge in [-0.1, -0.05) is 13.0 Å². The van der Waals surface area contributed by atoms with Gasteiger partial charge in [-0.25, -0.2) is 9.97 Å². The number of nitrogens with one attached hydrogen (secondary N) is 1. The lowest BCUT2D eigenvalue weighted by molar-refractivity contribution is -0.127. The van der Waals surface area contributed by atoms with Crippen LogP contribution in [0.1, 0.15) is 68.9 Å². The fourth-order valence-corrected chi connectivity index (χ4v) is 6.29. The SMILES string of the molecule is CC1CC2NCN(c3cccc(-c4nnc5n4CCCC5)n3)C(=O)C2CC1n1cnc(C2CC2)c1. The number of carbonyl (C=O) groups is 1. The van der Waals surface area contributed by atoms with Gasteiger partial charge in [0.25, 0.3) is 0 Å². The number of hydrogen-bond acceptors (Lipinski definition) is 6. The number of rotatable bonds is 4. The third kappa shape index (κ3) is 3.67. The molecule has 3 aromatic heterocycles. The lowest BCUT2D eigenvalue weighted by Crippen LogP contribution is -2.60. The quantitative estimate of drug-likeness (QED) is 0.626. The standard InChI is InChI=1S/C26H32N8O/c1-16-11-20-18(12-22(16)32-13-21(27-14-32)17-8-9-17)26(35)34(15-28-20)23-7-4-5-19(29-23)25-31-30-24-6-2-3-10-33(24)25/h4-5,7,13-14,16-18,20,22,28H,2-3,6,8-12,15H2,1H3. The second-order valence-corrected chi connectivity index (χ2v) is 10.8. The van der Waals surface area contributed by atoms with Crippen molar-refractivity contribution in [2.24, 2.45) is 11.8 Å². The van der Waals surface area contributed by atoms with Crippen LogP contribution in [0.5, 0.6) is 0 Å². The van der Waals surface area contributed by atoms with Crippen LogP contribution in [0.3, 0.4) is 0 Å². The minimum absolute atomic E-state index is 0.0666. The van der Waals surface area contributed by atoms with Crippen LogP contribution >= 0.6 is 0 Å². The summed E-state index contributed by atoms with van der Waals surface area (Å²) in [5, 5.41) is 12.5. The van der Waals surface area contributed by atoms with Crippen molar-refractivity contribution >= 4 is 11.7 Å². The lowest BCUT2D eigenvalue weighted by Gasteiger charge is -2.45. The van der Waals surface area contributed by atoms with Crippen molar-refractivity contribution in [1.82, 2.24) is 34.6 Å². The fourth-order valence-electron chi connectivity index (χ4n) is 6.29. The van der Waals surface area contributed by atoms with E-state index >= 15 is 0 Å². The summed E-state index contributed by atoms with van der Waals surface area (Å²) < 4.78 is 4.45. The second kappa shape index (κ2) is 8.26. The summed E-state index contributed by atoms with van der Waals surface area (Å²) in [6.45, 7) is 3.72. The molecule has 4 unspecified atom stereocenters. The van der Waals surface area contributed by atoms with Crippen LogP contribution in [-0.2, 0) is 17.8 Å². The normalized spacial score (nSPS) is 28.6. The zero-order chi connectivity index (χ0) is 23.5. The summed E-state index contributed by atoms with van der Waals surface area (Å²) in [6.07, 6.45) is 11.8. The molecule has 3 aromatic rings. The molecular weight excluding hydrogens is 440 g/mol. The Kier molecular flexibility index (Phi) is 5.01. The minimum atomic E-state index is -0.0666. The molecule has 4 aliphatic rings. The van der Waals surface area contributed by atoms with E-state index in [4.69, 9.17) is 4.98 Å². The number of amides is 1. The molecule has 0 spiro atoms. The highest BCUT2D eigenvalue weighted by molar-refractivity contribution is 5.95. The molecule has 1 saturated heterocycles. The highest BCUT2D eigenvalue weighted by atomic mass is 16.2. The van der Waals surface area contributed by atoms with Crippen LogP contribution in [0, 0.1) is 11.8 Å². The number of imidazole rings is 1. The molecule has 5 heterocycles. The van der Waals surface area contributed by atoms with Crippen LogP contribution in [-0.4, -0.2) is 47.9 Å². The van der Waals surface area contributed by atoms with Gasteiger partial charge in [-0.05, 0) is 56.6 Å². The van der Waals surface area contributed by atoms with Gasteiger partial charge in [0.1, 0.15) is 17.3 Å². The average Bonchev–Trinajstić information content (AvgIpc) is 3.45. The maximum atomic E-state index is 13.8. The molecule has 4 atom stereocenters. The van der Waals surface area contributed by atoms with Crippen molar-refractivity contribution in [2.45, 2.75) is 76.4 Å². The van der Waals surface area contributed by atoms with E-state index in [1.807, 2.05) is 29.4 Å². The van der Waals surface area contributed by atoms with Gasteiger partial charge in [0.2, 0.25) is 5.91 Å². The highest BCUT2D eigenvalue weighted by Crippen LogP contribution is 2.43. The zero-order valence-electron chi connectivity index (χ0n) is 20.2. The topological polar surface area (TPSA) is 93.8 Å². The molecule has 182 valence electrons. The molecule has 2 aliphatic heterocycles. The molecule has 2 aliphatic carbocycles. The summed E-state index contributed by atoms with van der Waals surface area (Å²) in [5.74, 6) is 3.75. The van der Waals surface area contributed by atoms with E-state index in [1.165, 1.54) is 18.5 Å². The monoisotopic (exact) mass is 472 g/mol. The van der Waals surface area contributed by atoms with E-state index < -0.39 is 0 Å². The maximum absolute atomic E-state index is 13.8. The number of carbonyl (C=O) groups excluding carboxylic acids is 1. The Labute approximate surface area is 205 Å². The number of nitrogens with zero attached hydrogens (tertiary/aromatic N) is 7. The first-order valence-electron chi connectivity index (χ1n) is 13.1. The predicted molar refractivity (Wildman–Crippen MR) is 131 cm³/mol. The van der Waals surface area contributed by atoms with Gasteiger partial charge in [-0.15, -0.1) is 10.2 Å². The van der Waals surface area contributed by atoms with Gasteiger partial charge >= 0.3 is 0 Å². The third-order valence-electron chi connectivity index (χ3n) is 8.46. The Hall–Kier alpha value is -3.07. The predicted octanol–water partition coefficient (Wildman–Crippen LogP) is 3.30. The van der Waals surface area contributed by atoms with Crippen molar-refractivity contribution in [3.63, 3.8) is 0 Å². The summed E-state index contributed by atoms with van der Waals surface area (Å²) in [5.41, 5.74) is 1.99. The van der Waals surface area contributed by atoms with Gasteiger partial charge in [-0.2, -0.15) is 0 Å². The van der Waals surface area contributed by atoms with Crippen LogP contribution in [0.25, 0.3) is 11.5 Å². The van der Waals surface area contributed by atoms with Gasteiger partial charge in [0.15, 0.2) is 5.82 Å². The number of pyridine rings is 1. The molecule has 0 aromatic carbocycles. The molecular formula is C26H32N8O. The maximum Gasteiger partial charge on any atom is 0.234 e. The van der Waals surface area contributed by atoms with E-state index in [0.717, 1.165) is 56.0 Å². The van der Waals surface area contributed by atoms with Gasteiger partial charge in [-0.3, -0.25) is 15.0 Å². The Morgan fingerprint density at radius 3 is 2.91 bits per heavy atom. The third-order valence-corrected chi connectivity index (χ3v) is 8.46. The van der Waals surface area contributed by atoms with Crippen LogP contribution in [0.2, 0.25) is 0 Å². The van der Waals surface area contributed by atoms with Crippen LogP contribution < -0.4 is 10.2 Å². The van der Waals surface area contributed by atoms with E-state index in [-0.39, 0.29) is 17.9 Å². The molecule has 35 heavy (non-hydrogen) atoms. The Morgan fingerprint density at radius 2 is 2.03 bits per heavy atom. The van der Waals surface area contributed by atoms with Gasteiger partial charge in [0, 0.05) is 37.2 Å². The summed E-state index contributed by atoms with van der Waals surface area (Å²) in [6, 6.07) is 6.37. The molecule has 1 N–H and O–H groups in total. The first-order valence-corrected chi connectivity index (χ1v) is 13.1. The molecule has 2 saturated carbocycles. The van der Waals surface area contributed by atoms with Gasteiger partial charge < -0.3 is 9.13 Å². The zero-order valence-corrected chi connectivity index (χ0v) is 20.2. The van der Waals surface area contributed by atoms with Crippen molar-refractivity contribution in [3.05, 3.63) is 42.2 Å². The number of fused-ring (bicyclic) bond motifs is 2. The van der Waals surface area contributed by atoms with E-state index in [2.05, 4.69) is 42.8 Å². The van der Waals surface area contributed by atoms with Crippen LogP contribution in [0.4, 0.5) is 5.82 Å². The molecule has 3 fully saturated rings. The Morgan fingerprint density at radius 1 is 1.11 bits per heavy atom. The number of aryl methyl sites for hydroxylation is 1. The number of hydrogen-bond donors (Lipinski definition) is 1. The smallest absolute Gasteiger partial charge is 0.234 e. The molecule has 0 radical (unpaired) electrons. The minimum Gasteiger partial charge on any atom is -0.334 e. The Bertz CT molecular complexity index is 1260. The van der Waals surface area contributed by atoms with Crippen molar-refractivity contribution in [1.29, 1.82) is 0 Å². The molecule has 1 amide bonds. The number of aromatic nitrogens is 6. The fraction of sp³-hybridized carbons (Fsp3) is 0.577. The average molecular weight is 473 g/mol. The van der Waals surface area contributed by atoms with E-state index in [1.54, 1.807) is 0 Å². The van der Waals surface area contributed by atoms with E-state index in [0.29, 0.717) is 30.4 Å². The molecule has 0 bridgehead atoms. The van der Waals surface area contributed by atoms with Gasteiger partial charge in [0.05, 0.1) is 24.6 Å². The first-order chi connectivity index (χ1) is 17.2. The summed E-state index contributed by atoms with van der Waals surface area (Å²) in [4.78, 5) is 25.2. The van der Waals surface area contributed by atoms with Crippen molar-refractivity contribution in [3.8, 4) is 11.5 Å². The molecule has 9 nitrogen and oxygen atoms in total. The summed E-state index contributed by atoms with van der Waals surface area (Å²) in [7, 11) is 0. The first kappa shape index (κ1) is 21.2. The largest absolute Gasteiger partial charge is 0.334 e. The summed E-state index contributed by atoms with van der Waals surface area (Å²) >= 11 is 0. The highest BCUT2D eigenvalue weighted by Gasteiger charge is 2.44. The molecule has 9 heteroatoms. The van der Waals surface area contributed by atoms with Crippen molar-refractivity contribution in [2.75, 3.05) is 11.6 Å². The van der Waals surface area contributed by atoms with E-state index in [9.17, 15) is 4.79 Å². The second-order valence-electron chi connectivity index (χ2n) is 10.8. The van der Waals surface area contributed by atoms with Crippen molar-refractivity contribution < 1.29 is 4.79 Å². The van der Waals surface area contributed by atoms with Crippen LogP contribution in [0.15, 0.2) is 30.7 Å². The lowest BCUT2D eigenvalue weighted by atomic mass is 9.74. The number of anilines is 1. The molecule has 7 rings (SSSR count).